The van der Waals surface area contributed by atoms with Gasteiger partial charge in [-0.2, -0.15) is 0 Å². The van der Waals surface area contributed by atoms with Gasteiger partial charge < -0.3 is 9.47 Å². The number of hydrogen-bond acceptors (Lipinski definition) is 3. The Kier molecular flexibility index (Phi) is 2.92. The lowest BCUT2D eigenvalue weighted by Gasteiger charge is -2.27. The Bertz CT molecular complexity index is 472. The highest BCUT2D eigenvalue weighted by atomic mass is 16.5. The van der Waals surface area contributed by atoms with Gasteiger partial charge in [0.1, 0.15) is 17.1 Å². The highest BCUT2D eigenvalue weighted by molar-refractivity contribution is 5.73. The van der Waals surface area contributed by atoms with Gasteiger partial charge in [-0.05, 0) is 38.1 Å². The summed E-state index contributed by atoms with van der Waals surface area (Å²) in [5, 5.41) is 0. The summed E-state index contributed by atoms with van der Waals surface area (Å²) in [7, 11) is 0. The van der Waals surface area contributed by atoms with Crippen molar-refractivity contribution in [3.05, 3.63) is 29.8 Å². The molecule has 0 atom stereocenters. The normalized spacial score (nSPS) is 15.9. The Morgan fingerprint density at radius 3 is 2.88 bits per heavy atom. The Hall–Kier alpha value is -1.77. The second-order valence-electron chi connectivity index (χ2n) is 4.57. The van der Waals surface area contributed by atoms with E-state index in [2.05, 4.69) is 0 Å². The van der Waals surface area contributed by atoms with Gasteiger partial charge in [-0.15, -0.1) is 0 Å². The third kappa shape index (κ3) is 2.67. The van der Waals surface area contributed by atoms with Crippen LogP contribution in [0.25, 0.3) is 6.08 Å². The smallest absolute Gasteiger partial charge is 0.310 e. The number of hydrogen-bond donors (Lipinski definition) is 0. The van der Waals surface area contributed by atoms with Crippen LogP contribution in [0.1, 0.15) is 32.8 Å². The Balaban J connectivity index is 2.24. The zero-order chi connectivity index (χ0) is 12.5. The first-order chi connectivity index (χ1) is 8.00. The molecule has 0 aliphatic carbocycles. The van der Waals surface area contributed by atoms with Crippen LogP contribution < -0.4 is 9.47 Å². The molecule has 0 fully saturated rings. The summed E-state index contributed by atoms with van der Waals surface area (Å²) in [5.41, 5.74) is 0.653. The van der Waals surface area contributed by atoms with Gasteiger partial charge in [-0.1, -0.05) is 13.0 Å². The highest BCUT2D eigenvalue weighted by Gasteiger charge is 2.21. The van der Waals surface area contributed by atoms with Crippen molar-refractivity contribution in [3.8, 4) is 11.5 Å². The SMILES string of the molecule is CCC(=O)Oc1ccc2c(c1)C=CC(C)(C)O2. The fraction of sp³-hybridized carbons (Fsp3) is 0.357. The van der Waals surface area contributed by atoms with Crippen molar-refractivity contribution < 1.29 is 14.3 Å². The molecule has 0 unspecified atom stereocenters. The van der Waals surface area contributed by atoms with Gasteiger partial charge in [-0.25, -0.2) is 0 Å². The zero-order valence-electron chi connectivity index (χ0n) is 10.3. The molecule has 3 heteroatoms. The summed E-state index contributed by atoms with van der Waals surface area (Å²) in [6, 6.07) is 5.40. The predicted molar refractivity (Wildman–Crippen MR) is 66.1 cm³/mol. The Morgan fingerprint density at radius 2 is 2.18 bits per heavy atom. The first kappa shape index (κ1) is 11.7. The fourth-order valence-electron chi connectivity index (χ4n) is 1.62. The molecule has 2 rings (SSSR count). The van der Waals surface area contributed by atoms with E-state index >= 15 is 0 Å². The maximum absolute atomic E-state index is 11.2. The van der Waals surface area contributed by atoms with Crippen molar-refractivity contribution in [3.63, 3.8) is 0 Å². The third-order valence-electron chi connectivity index (χ3n) is 2.54. The molecule has 1 aromatic carbocycles. The molecule has 90 valence electrons. The quantitative estimate of drug-likeness (QED) is 0.580. The molecule has 17 heavy (non-hydrogen) atoms. The van der Waals surface area contributed by atoms with Crippen molar-refractivity contribution in [2.24, 2.45) is 0 Å². The maximum Gasteiger partial charge on any atom is 0.310 e. The molecule has 0 radical (unpaired) electrons. The van der Waals surface area contributed by atoms with E-state index in [0.29, 0.717) is 12.2 Å². The van der Waals surface area contributed by atoms with Crippen LogP contribution in [-0.2, 0) is 4.79 Å². The van der Waals surface area contributed by atoms with Crippen LogP contribution in [0.4, 0.5) is 0 Å². The molecular formula is C14H16O3. The van der Waals surface area contributed by atoms with Crippen molar-refractivity contribution >= 4 is 12.0 Å². The van der Waals surface area contributed by atoms with Gasteiger partial charge in [0.15, 0.2) is 0 Å². The summed E-state index contributed by atoms with van der Waals surface area (Å²) < 4.78 is 10.9. The molecule has 1 heterocycles. The fourth-order valence-corrected chi connectivity index (χ4v) is 1.62. The average molecular weight is 232 g/mol. The molecule has 1 aromatic rings. The topological polar surface area (TPSA) is 35.5 Å². The molecule has 0 saturated heterocycles. The van der Waals surface area contributed by atoms with Crippen LogP contribution in [0.2, 0.25) is 0 Å². The average Bonchev–Trinajstić information content (AvgIpc) is 2.28. The van der Waals surface area contributed by atoms with Crippen LogP contribution in [0.3, 0.4) is 0 Å². The second-order valence-corrected chi connectivity index (χ2v) is 4.57. The summed E-state index contributed by atoms with van der Waals surface area (Å²) in [5.74, 6) is 1.14. The minimum Gasteiger partial charge on any atom is -0.483 e. The number of rotatable bonds is 2. The third-order valence-corrected chi connectivity index (χ3v) is 2.54. The van der Waals surface area contributed by atoms with E-state index in [-0.39, 0.29) is 11.6 Å². The highest BCUT2D eigenvalue weighted by Crippen LogP contribution is 2.33. The molecule has 0 aromatic heterocycles. The lowest BCUT2D eigenvalue weighted by molar-refractivity contribution is -0.134. The number of carbonyl (C=O) groups excluding carboxylic acids is 1. The molecule has 0 spiro atoms. The van der Waals surface area contributed by atoms with E-state index in [1.54, 1.807) is 13.0 Å². The van der Waals surface area contributed by atoms with E-state index in [0.717, 1.165) is 11.3 Å². The number of esters is 1. The number of ether oxygens (including phenoxy) is 2. The monoisotopic (exact) mass is 232 g/mol. The van der Waals surface area contributed by atoms with Crippen LogP contribution in [0.15, 0.2) is 24.3 Å². The molecule has 0 saturated carbocycles. The van der Waals surface area contributed by atoms with Gasteiger partial charge in [-0.3, -0.25) is 4.79 Å². The first-order valence-corrected chi connectivity index (χ1v) is 5.73. The summed E-state index contributed by atoms with van der Waals surface area (Å²) in [4.78, 5) is 11.2. The predicted octanol–water partition coefficient (Wildman–Crippen LogP) is 3.19. The van der Waals surface area contributed by atoms with Gasteiger partial charge in [0, 0.05) is 12.0 Å². The van der Waals surface area contributed by atoms with Crippen LogP contribution in [-0.4, -0.2) is 11.6 Å². The van der Waals surface area contributed by atoms with Gasteiger partial charge in [0.05, 0.1) is 0 Å². The van der Waals surface area contributed by atoms with Crippen LogP contribution >= 0.6 is 0 Å². The molecule has 0 N–H and O–H groups in total. The minimum atomic E-state index is -0.283. The maximum atomic E-state index is 11.2. The molecule has 1 aliphatic rings. The second kappa shape index (κ2) is 4.24. The van der Waals surface area contributed by atoms with Crippen LogP contribution in [0.5, 0.6) is 11.5 Å². The van der Waals surface area contributed by atoms with Gasteiger partial charge in [0.2, 0.25) is 0 Å². The lowest BCUT2D eigenvalue weighted by Crippen LogP contribution is -2.27. The largest absolute Gasteiger partial charge is 0.483 e. The molecular weight excluding hydrogens is 216 g/mol. The van der Waals surface area contributed by atoms with E-state index < -0.39 is 0 Å². The summed E-state index contributed by atoms with van der Waals surface area (Å²) >= 11 is 0. The minimum absolute atomic E-state index is 0.231. The van der Waals surface area contributed by atoms with E-state index in [1.807, 2.05) is 38.1 Å². The Labute approximate surface area is 101 Å². The summed E-state index contributed by atoms with van der Waals surface area (Å²) in [6.45, 7) is 5.77. The van der Waals surface area contributed by atoms with Crippen molar-refractivity contribution in [2.75, 3.05) is 0 Å². The Morgan fingerprint density at radius 1 is 1.41 bits per heavy atom. The van der Waals surface area contributed by atoms with E-state index in [4.69, 9.17) is 9.47 Å². The van der Waals surface area contributed by atoms with Gasteiger partial charge in [0.25, 0.3) is 0 Å². The number of fused-ring (bicyclic) bond motifs is 1. The standard InChI is InChI=1S/C14H16O3/c1-4-13(15)16-11-5-6-12-10(9-11)7-8-14(2,3)17-12/h5-9H,4H2,1-3H3. The van der Waals surface area contributed by atoms with Crippen LogP contribution in [0, 0.1) is 0 Å². The van der Waals surface area contributed by atoms with Crippen molar-refractivity contribution in [1.82, 2.24) is 0 Å². The van der Waals surface area contributed by atoms with Crippen molar-refractivity contribution in [1.29, 1.82) is 0 Å². The first-order valence-electron chi connectivity index (χ1n) is 5.73. The van der Waals surface area contributed by atoms with E-state index in [9.17, 15) is 4.79 Å². The molecule has 3 nitrogen and oxygen atoms in total. The molecule has 0 bridgehead atoms. The number of carbonyl (C=O) groups is 1. The molecule has 1 aliphatic heterocycles. The van der Waals surface area contributed by atoms with Crippen molar-refractivity contribution in [2.45, 2.75) is 32.8 Å². The molecule has 0 amide bonds. The van der Waals surface area contributed by atoms with Gasteiger partial charge >= 0.3 is 5.97 Å². The zero-order valence-corrected chi connectivity index (χ0v) is 10.3. The lowest BCUT2D eigenvalue weighted by atomic mass is 10.0. The van der Waals surface area contributed by atoms with E-state index in [1.165, 1.54) is 0 Å². The number of benzene rings is 1. The summed E-state index contributed by atoms with van der Waals surface area (Å²) in [6.07, 6.45) is 4.35.